The van der Waals surface area contributed by atoms with Crippen LogP contribution in [0.3, 0.4) is 0 Å². The molecule has 0 amide bonds. The van der Waals surface area contributed by atoms with Gasteiger partial charge in [-0.3, -0.25) is 4.79 Å². The first-order chi connectivity index (χ1) is 10.5. The predicted octanol–water partition coefficient (Wildman–Crippen LogP) is 3.51. The topological polar surface area (TPSA) is 63.6 Å². The summed E-state index contributed by atoms with van der Waals surface area (Å²) < 4.78 is 5.65. The number of aryl methyl sites for hydroxylation is 1. The first kappa shape index (κ1) is 16.0. The molecule has 0 unspecified atom stereocenters. The van der Waals surface area contributed by atoms with Crippen LogP contribution in [0.4, 0.5) is 0 Å². The molecule has 0 atom stereocenters. The van der Waals surface area contributed by atoms with Gasteiger partial charge in [0.15, 0.2) is 0 Å². The zero-order valence-electron chi connectivity index (χ0n) is 11.8. The van der Waals surface area contributed by atoms with E-state index < -0.39 is 11.8 Å². The number of Topliss-reactive ketones (excluding diaryl/α,β-unsaturated/α-hetero) is 1. The molecule has 0 spiro atoms. The summed E-state index contributed by atoms with van der Waals surface area (Å²) >= 11 is 5.91. The second-order valence-electron chi connectivity index (χ2n) is 4.79. The molecule has 0 saturated heterocycles. The van der Waals surface area contributed by atoms with Crippen molar-refractivity contribution in [3.8, 4) is 5.75 Å². The standard InChI is InChI=1S/C17H15ClO4/c18-14-3-1-2-13(10-14)11-22-15-7-4-12(5-8-15)6-9-16(19)17(20)21/h1-5,7-8,10H,6,9,11H2,(H,20,21). The molecule has 114 valence electrons. The minimum absolute atomic E-state index is 0.00193. The van der Waals surface area contributed by atoms with Gasteiger partial charge in [-0.25, -0.2) is 4.79 Å². The molecule has 0 aliphatic heterocycles. The molecule has 22 heavy (non-hydrogen) atoms. The first-order valence-corrected chi connectivity index (χ1v) is 7.14. The minimum atomic E-state index is -1.39. The summed E-state index contributed by atoms with van der Waals surface area (Å²) in [6.07, 6.45) is 0.401. The third-order valence-electron chi connectivity index (χ3n) is 3.10. The third-order valence-corrected chi connectivity index (χ3v) is 3.33. The van der Waals surface area contributed by atoms with Gasteiger partial charge in [-0.1, -0.05) is 35.9 Å². The molecule has 0 aliphatic rings. The van der Waals surface area contributed by atoms with Gasteiger partial charge in [0.25, 0.3) is 0 Å². The number of benzene rings is 2. The van der Waals surface area contributed by atoms with Crippen molar-refractivity contribution in [2.45, 2.75) is 19.4 Å². The Balaban J connectivity index is 1.86. The van der Waals surface area contributed by atoms with Crippen molar-refractivity contribution < 1.29 is 19.4 Å². The number of ether oxygens (including phenoxy) is 1. The summed E-state index contributed by atoms with van der Waals surface area (Å²) in [5.74, 6) is -1.46. The molecule has 0 heterocycles. The monoisotopic (exact) mass is 318 g/mol. The Labute approximate surface area is 133 Å². The molecule has 4 nitrogen and oxygen atoms in total. The van der Waals surface area contributed by atoms with Gasteiger partial charge in [-0.2, -0.15) is 0 Å². The molecule has 2 aromatic carbocycles. The van der Waals surface area contributed by atoms with Crippen LogP contribution >= 0.6 is 11.6 Å². The lowest BCUT2D eigenvalue weighted by molar-refractivity contribution is -0.149. The normalized spacial score (nSPS) is 10.2. The van der Waals surface area contributed by atoms with Crippen LogP contribution in [0, 0.1) is 0 Å². The van der Waals surface area contributed by atoms with E-state index in [1.54, 1.807) is 18.2 Å². The Morgan fingerprint density at radius 3 is 2.41 bits per heavy atom. The molecule has 2 aromatic rings. The number of rotatable bonds is 7. The van der Waals surface area contributed by atoms with Gasteiger partial charge in [0.2, 0.25) is 5.78 Å². The Morgan fingerprint density at radius 2 is 1.77 bits per heavy atom. The first-order valence-electron chi connectivity index (χ1n) is 6.77. The zero-order chi connectivity index (χ0) is 15.9. The van der Waals surface area contributed by atoms with E-state index >= 15 is 0 Å². The summed E-state index contributed by atoms with van der Waals surface area (Å²) in [6, 6.07) is 14.7. The van der Waals surface area contributed by atoms with E-state index in [1.807, 2.05) is 30.3 Å². The van der Waals surface area contributed by atoms with Gasteiger partial charge in [0.1, 0.15) is 12.4 Å². The number of carbonyl (C=O) groups excluding carboxylic acids is 1. The fraction of sp³-hybridized carbons (Fsp3) is 0.176. The molecule has 0 aliphatic carbocycles. The summed E-state index contributed by atoms with van der Waals surface area (Å²) in [5, 5.41) is 9.19. The van der Waals surface area contributed by atoms with Crippen LogP contribution in [0.5, 0.6) is 5.75 Å². The van der Waals surface area contributed by atoms with E-state index in [0.29, 0.717) is 23.8 Å². The second kappa shape index (κ2) is 7.61. The highest BCUT2D eigenvalue weighted by Crippen LogP contribution is 2.17. The summed E-state index contributed by atoms with van der Waals surface area (Å²) in [7, 11) is 0. The van der Waals surface area contributed by atoms with E-state index in [4.69, 9.17) is 21.4 Å². The smallest absolute Gasteiger partial charge is 0.372 e. The van der Waals surface area contributed by atoms with Crippen molar-refractivity contribution in [1.29, 1.82) is 0 Å². The summed E-state index contributed by atoms with van der Waals surface area (Å²) in [4.78, 5) is 21.5. The Hall–Kier alpha value is -2.33. The number of hydrogen-bond acceptors (Lipinski definition) is 3. The molecule has 2 rings (SSSR count). The zero-order valence-corrected chi connectivity index (χ0v) is 12.5. The van der Waals surface area contributed by atoms with E-state index in [-0.39, 0.29) is 6.42 Å². The van der Waals surface area contributed by atoms with Crippen LogP contribution in [-0.4, -0.2) is 16.9 Å². The number of carboxylic acid groups (broad SMARTS) is 1. The van der Waals surface area contributed by atoms with Gasteiger partial charge in [-0.05, 0) is 41.8 Å². The molecule has 0 saturated carbocycles. The van der Waals surface area contributed by atoms with Crippen LogP contribution in [0.2, 0.25) is 5.02 Å². The maximum atomic E-state index is 11.0. The Morgan fingerprint density at radius 1 is 1.05 bits per heavy atom. The quantitative estimate of drug-likeness (QED) is 0.794. The number of carboxylic acids is 1. The molecule has 0 bridgehead atoms. The lowest BCUT2D eigenvalue weighted by Crippen LogP contribution is -2.12. The van der Waals surface area contributed by atoms with Crippen molar-refractivity contribution in [3.63, 3.8) is 0 Å². The van der Waals surface area contributed by atoms with Crippen molar-refractivity contribution in [3.05, 3.63) is 64.7 Å². The second-order valence-corrected chi connectivity index (χ2v) is 5.23. The highest BCUT2D eigenvalue weighted by Gasteiger charge is 2.10. The number of aliphatic carboxylic acids is 1. The highest BCUT2D eigenvalue weighted by atomic mass is 35.5. The number of ketones is 1. The fourth-order valence-electron chi connectivity index (χ4n) is 1.91. The van der Waals surface area contributed by atoms with E-state index in [1.165, 1.54) is 0 Å². The molecular formula is C17H15ClO4. The lowest BCUT2D eigenvalue weighted by atomic mass is 10.1. The van der Waals surface area contributed by atoms with Crippen LogP contribution in [0.1, 0.15) is 17.5 Å². The fourth-order valence-corrected chi connectivity index (χ4v) is 2.12. The summed E-state index contributed by atoms with van der Waals surface area (Å²) in [6.45, 7) is 0.414. The van der Waals surface area contributed by atoms with Crippen LogP contribution in [0.25, 0.3) is 0 Å². The average molecular weight is 319 g/mol. The minimum Gasteiger partial charge on any atom is -0.489 e. The van der Waals surface area contributed by atoms with Gasteiger partial charge in [-0.15, -0.1) is 0 Å². The molecule has 0 fully saturated rings. The van der Waals surface area contributed by atoms with E-state index in [0.717, 1.165) is 11.1 Å². The van der Waals surface area contributed by atoms with Gasteiger partial charge in [0, 0.05) is 11.4 Å². The van der Waals surface area contributed by atoms with Crippen molar-refractivity contribution >= 4 is 23.4 Å². The third kappa shape index (κ3) is 4.90. The van der Waals surface area contributed by atoms with Gasteiger partial charge < -0.3 is 9.84 Å². The number of hydrogen-bond donors (Lipinski definition) is 1. The molecule has 5 heteroatoms. The van der Waals surface area contributed by atoms with Crippen molar-refractivity contribution in [1.82, 2.24) is 0 Å². The SMILES string of the molecule is O=C(O)C(=O)CCc1ccc(OCc2cccc(Cl)c2)cc1. The van der Waals surface area contributed by atoms with E-state index in [9.17, 15) is 9.59 Å². The van der Waals surface area contributed by atoms with Crippen molar-refractivity contribution in [2.75, 3.05) is 0 Å². The maximum Gasteiger partial charge on any atom is 0.372 e. The Bertz CT molecular complexity index is 665. The number of carbonyl (C=O) groups is 2. The lowest BCUT2D eigenvalue weighted by Gasteiger charge is -2.07. The van der Waals surface area contributed by atoms with Crippen LogP contribution in [-0.2, 0) is 22.6 Å². The van der Waals surface area contributed by atoms with Crippen molar-refractivity contribution in [2.24, 2.45) is 0 Å². The van der Waals surface area contributed by atoms with Crippen LogP contribution < -0.4 is 4.74 Å². The largest absolute Gasteiger partial charge is 0.489 e. The van der Waals surface area contributed by atoms with E-state index in [2.05, 4.69) is 0 Å². The van der Waals surface area contributed by atoms with Gasteiger partial charge >= 0.3 is 5.97 Å². The molecular weight excluding hydrogens is 304 g/mol. The molecule has 0 radical (unpaired) electrons. The highest BCUT2D eigenvalue weighted by molar-refractivity contribution is 6.32. The average Bonchev–Trinajstić information content (AvgIpc) is 2.51. The van der Waals surface area contributed by atoms with Crippen LogP contribution in [0.15, 0.2) is 48.5 Å². The molecule has 1 N–H and O–H groups in total. The summed E-state index contributed by atoms with van der Waals surface area (Å²) in [5.41, 5.74) is 1.87. The predicted molar refractivity (Wildman–Crippen MR) is 83.2 cm³/mol. The Kier molecular flexibility index (Phi) is 5.55. The number of halogens is 1. The van der Waals surface area contributed by atoms with Gasteiger partial charge in [0.05, 0.1) is 0 Å². The maximum absolute atomic E-state index is 11.0. The molecule has 0 aromatic heterocycles.